The topological polar surface area (TPSA) is 63.2 Å². The summed E-state index contributed by atoms with van der Waals surface area (Å²) < 4.78 is 28.9. The summed E-state index contributed by atoms with van der Waals surface area (Å²) in [6.45, 7) is 10.2. The van der Waals surface area contributed by atoms with Crippen LogP contribution in [-0.4, -0.2) is 50.1 Å². The largest absolute Gasteiger partial charge is 0.463 e. The Balaban J connectivity index is 1.62. The third-order valence-electron chi connectivity index (χ3n) is 6.51. The van der Waals surface area contributed by atoms with E-state index >= 15 is 0 Å². The van der Waals surface area contributed by atoms with Crippen LogP contribution in [0.3, 0.4) is 0 Å². The molecule has 192 valence electrons. The van der Waals surface area contributed by atoms with Crippen molar-refractivity contribution in [3.63, 3.8) is 0 Å². The molecule has 2 heterocycles. The number of hydrogen-bond donors (Lipinski definition) is 0. The molecule has 0 radical (unpaired) electrons. The first-order valence-corrected chi connectivity index (χ1v) is 13.4. The molecule has 33 heavy (non-hydrogen) atoms. The van der Waals surface area contributed by atoms with E-state index in [-0.39, 0.29) is 17.9 Å². The highest BCUT2D eigenvalue weighted by Crippen LogP contribution is 2.32. The molecule has 0 aromatic heterocycles. The smallest absolute Gasteiger partial charge is 0.330 e. The highest BCUT2D eigenvalue weighted by Gasteiger charge is 2.35. The summed E-state index contributed by atoms with van der Waals surface area (Å²) >= 11 is 0. The highest BCUT2D eigenvalue weighted by atomic mass is 16.7. The van der Waals surface area contributed by atoms with Crippen LogP contribution in [0.5, 0.6) is 0 Å². The Morgan fingerprint density at radius 3 is 2.15 bits per heavy atom. The van der Waals surface area contributed by atoms with Crippen LogP contribution in [-0.2, 0) is 28.5 Å². The maximum Gasteiger partial charge on any atom is 0.330 e. The third kappa shape index (κ3) is 10.9. The van der Waals surface area contributed by atoms with E-state index in [2.05, 4.69) is 6.92 Å². The Bertz CT molecular complexity index is 579. The molecule has 0 aromatic carbocycles. The van der Waals surface area contributed by atoms with Crippen molar-refractivity contribution in [2.24, 2.45) is 0 Å². The van der Waals surface area contributed by atoms with Crippen LogP contribution in [0.25, 0.3) is 0 Å². The summed E-state index contributed by atoms with van der Waals surface area (Å²) in [5, 5.41) is 0. The fourth-order valence-corrected chi connectivity index (χ4v) is 4.68. The summed E-state index contributed by atoms with van der Waals surface area (Å²) in [5.74, 6) is -1.24. The lowest BCUT2D eigenvalue weighted by Gasteiger charge is -2.37. The first kappa shape index (κ1) is 28.3. The first-order valence-electron chi connectivity index (χ1n) is 13.4. The Morgan fingerprint density at radius 1 is 0.909 bits per heavy atom. The molecule has 0 unspecified atom stereocenters. The maximum absolute atomic E-state index is 11.9. The van der Waals surface area contributed by atoms with Gasteiger partial charge in [-0.25, -0.2) is 4.79 Å². The third-order valence-corrected chi connectivity index (χ3v) is 6.51. The van der Waals surface area contributed by atoms with Crippen LogP contribution < -0.4 is 0 Å². The van der Waals surface area contributed by atoms with Gasteiger partial charge in [-0.15, -0.1) is 0 Å². The van der Waals surface area contributed by atoms with Gasteiger partial charge >= 0.3 is 5.97 Å². The lowest BCUT2D eigenvalue weighted by Crippen LogP contribution is -2.41. The average Bonchev–Trinajstić information content (AvgIpc) is 3.24. The lowest BCUT2D eigenvalue weighted by atomic mass is 9.98. The van der Waals surface area contributed by atoms with Gasteiger partial charge in [-0.05, 0) is 45.6 Å². The minimum Gasteiger partial charge on any atom is -0.463 e. The molecule has 2 fully saturated rings. The second-order valence-corrected chi connectivity index (χ2v) is 9.84. The molecule has 1 atom stereocenters. The molecule has 0 saturated carbocycles. The predicted molar refractivity (Wildman–Crippen MR) is 130 cm³/mol. The van der Waals surface area contributed by atoms with Crippen molar-refractivity contribution in [1.82, 2.24) is 0 Å². The number of hydrogen-bond acceptors (Lipinski definition) is 6. The van der Waals surface area contributed by atoms with Crippen molar-refractivity contribution < 1.29 is 28.5 Å². The molecule has 2 aliphatic rings. The van der Waals surface area contributed by atoms with E-state index in [4.69, 9.17) is 23.7 Å². The van der Waals surface area contributed by atoms with E-state index in [9.17, 15) is 4.79 Å². The molecule has 6 heteroatoms. The van der Waals surface area contributed by atoms with Crippen LogP contribution >= 0.6 is 0 Å². The predicted octanol–water partition coefficient (Wildman–Crippen LogP) is 6.46. The Labute approximate surface area is 201 Å². The second kappa shape index (κ2) is 15.1. The molecule has 2 saturated heterocycles. The van der Waals surface area contributed by atoms with Crippen molar-refractivity contribution in [2.45, 2.75) is 129 Å². The van der Waals surface area contributed by atoms with Gasteiger partial charge in [0.15, 0.2) is 11.6 Å². The van der Waals surface area contributed by atoms with Gasteiger partial charge < -0.3 is 23.7 Å². The number of unbranched alkanes of at least 4 members (excludes halogenated alkanes) is 8. The summed E-state index contributed by atoms with van der Waals surface area (Å²) in [6.07, 6.45) is 16.5. The Kier molecular flexibility index (Phi) is 13.0. The van der Waals surface area contributed by atoms with E-state index in [0.717, 1.165) is 50.9 Å². The lowest BCUT2D eigenvalue weighted by molar-refractivity contribution is -0.253. The van der Waals surface area contributed by atoms with Gasteiger partial charge in [0.25, 0.3) is 0 Å². The van der Waals surface area contributed by atoms with E-state index in [1.807, 2.05) is 20.8 Å². The number of rotatable bonds is 16. The van der Waals surface area contributed by atoms with Crippen molar-refractivity contribution in [1.29, 1.82) is 0 Å². The van der Waals surface area contributed by atoms with Gasteiger partial charge in [0.2, 0.25) is 0 Å². The number of carbonyl (C=O) groups excluding carboxylic acids is 1. The van der Waals surface area contributed by atoms with E-state index in [0.29, 0.717) is 13.2 Å². The monoisotopic (exact) mass is 468 g/mol. The minimum absolute atomic E-state index is 0.0811. The highest BCUT2D eigenvalue weighted by molar-refractivity contribution is 5.83. The van der Waals surface area contributed by atoms with Gasteiger partial charge in [-0.3, -0.25) is 0 Å². The van der Waals surface area contributed by atoms with Crippen molar-refractivity contribution in [3.05, 3.63) is 11.6 Å². The van der Waals surface area contributed by atoms with Crippen LogP contribution in [0.15, 0.2) is 11.6 Å². The van der Waals surface area contributed by atoms with Crippen LogP contribution in [0.4, 0.5) is 0 Å². The van der Waals surface area contributed by atoms with Crippen molar-refractivity contribution in [2.75, 3.05) is 26.4 Å². The fraction of sp³-hybridized carbons (Fsp3) is 0.889. The van der Waals surface area contributed by atoms with Crippen LogP contribution in [0, 0.1) is 0 Å². The van der Waals surface area contributed by atoms with Gasteiger partial charge in [0.05, 0.1) is 32.5 Å². The molecule has 6 nitrogen and oxygen atoms in total. The Hall–Kier alpha value is -0.950. The average molecular weight is 469 g/mol. The molecular formula is C27H48O6. The molecule has 2 rings (SSSR count). The molecule has 0 spiro atoms. The maximum atomic E-state index is 11.9. The molecule has 0 aromatic rings. The summed E-state index contributed by atoms with van der Waals surface area (Å²) in [6, 6.07) is 0. The van der Waals surface area contributed by atoms with Crippen molar-refractivity contribution in [3.8, 4) is 0 Å². The molecule has 0 amide bonds. The zero-order valence-electron chi connectivity index (χ0n) is 21.6. The number of carbonyl (C=O) groups is 1. The zero-order chi connectivity index (χ0) is 24.0. The number of esters is 1. The fourth-order valence-electron chi connectivity index (χ4n) is 4.68. The normalized spacial score (nSPS) is 23.2. The van der Waals surface area contributed by atoms with Gasteiger partial charge in [-0.2, -0.15) is 0 Å². The second-order valence-electron chi connectivity index (χ2n) is 9.84. The van der Waals surface area contributed by atoms with Crippen molar-refractivity contribution >= 4 is 5.97 Å². The quantitative estimate of drug-likeness (QED) is 0.147. The van der Waals surface area contributed by atoms with Gasteiger partial charge in [0.1, 0.15) is 0 Å². The first-order chi connectivity index (χ1) is 15.9. The Morgan fingerprint density at radius 2 is 1.52 bits per heavy atom. The summed E-state index contributed by atoms with van der Waals surface area (Å²) in [4.78, 5) is 11.9. The molecule has 2 aliphatic heterocycles. The van der Waals surface area contributed by atoms with Gasteiger partial charge in [-0.1, -0.05) is 58.3 Å². The molecule has 0 aliphatic carbocycles. The molecule has 0 N–H and O–H groups in total. The van der Waals surface area contributed by atoms with E-state index < -0.39 is 5.79 Å². The zero-order valence-corrected chi connectivity index (χ0v) is 21.6. The molecule has 0 bridgehead atoms. The molecular weight excluding hydrogens is 420 g/mol. The van der Waals surface area contributed by atoms with Gasteiger partial charge in [0, 0.05) is 18.9 Å². The standard InChI is InChI=1S/C27H48O6/c1-5-7-8-14-17-27(30-19-20-31-27)18-15-12-10-9-11-13-16-24-23(21-25(28)29-6-2)22-32-26(3,4)33-24/h21,24H,5-20,22H2,1-4H3/b23-21+/t24-/m1/s1. The number of ether oxygens (including phenoxy) is 5. The van der Waals surface area contributed by atoms with Crippen LogP contribution in [0.1, 0.15) is 111 Å². The SMILES string of the molecule is CCCCCCC1(CCCCCCCC[C@H]2OC(C)(C)OC/C2=C\C(=O)OCC)OCCO1. The van der Waals surface area contributed by atoms with E-state index in [1.165, 1.54) is 51.4 Å². The van der Waals surface area contributed by atoms with Crippen LogP contribution in [0.2, 0.25) is 0 Å². The summed E-state index contributed by atoms with van der Waals surface area (Å²) in [5.41, 5.74) is 0.883. The van der Waals surface area contributed by atoms with E-state index in [1.54, 1.807) is 6.08 Å². The summed E-state index contributed by atoms with van der Waals surface area (Å²) in [7, 11) is 0. The minimum atomic E-state index is -0.618.